The normalized spacial score (nSPS) is 14.2. The molecule has 0 aliphatic rings. The zero-order chi connectivity index (χ0) is 13.2. The Morgan fingerprint density at radius 1 is 1.39 bits per heavy atom. The highest BCUT2D eigenvalue weighted by atomic mass is 32.1. The molecule has 4 heteroatoms. The van der Waals surface area contributed by atoms with E-state index >= 15 is 0 Å². The van der Waals surface area contributed by atoms with Crippen LogP contribution in [0, 0.1) is 6.92 Å². The molecular weight excluding hydrogens is 244 g/mol. The van der Waals surface area contributed by atoms with Gasteiger partial charge in [0.15, 0.2) is 0 Å². The summed E-state index contributed by atoms with van der Waals surface area (Å²) >= 11 is 1.65. The van der Waals surface area contributed by atoms with Gasteiger partial charge in [-0.25, -0.2) is 4.98 Å². The van der Waals surface area contributed by atoms with Gasteiger partial charge in [0.05, 0.1) is 17.8 Å². The van der Waals surface area contributed by atoms with Gasteiger partial charge >= 0.3 is 0 Å². The fourth-order valence-corrected chi connectivity index (χ4v) is 2.69. The minimum absolute atomic E-state index is 0.479. The van der Waals surface area contributed by atoms with Crippen LogP contribution in [0.2, 0.25) is 0 Å². The quantitative estimate of drug-likeness (QED) is 0.921. The highest BCUT2D eigenvalue weighted by Crippen LogP contribution is 2.30. The van der Waals surface area contributed by atoms with Crippen molar-refractivity contribution >= 4 is 11.3 Å². The number of methoxy groups -OCH3 is 1. The zero-order valence-corrected chi connectivity index (χ0v) is 11.8. The molecule has 96 valence electrons. The average Bonchev–Trinajstić information content (AvgIpc) is 2.74. The van der Waals surface area contributed by atoms with E-state index in [9.17, 15) is 0 Å². The van der Waals surface area contributed by atoms with Gasteiger partial charge in [-0.15, -0.1) is 11.3 Å². The number of ether oxygens (including phenoxy) is 1. The number of benzene rings is 1. The molecule has 1 heterocycles. The van der Waals surface area contributed by atoms with Crippen molar-refractivity contribution in [2.24, 2.45) is 5.73 Å². The van der Waals surface area contributed by atoms with Gasteiger partial charge in [-0.05, 0) is 19.9 Å². The SMILES string of the molecule is COc1ccccc1C(C)(N)Cc1csc(C)n1. The second kappa shape index (κ2) is 5.08. The maximum atomic E-state index is 6.44. The summed E-state index contributed by atoms with van der Waals surface area (Å²) in [6, 6.07) is 7.88. The van der Waals surface area contributed by atoms with Crippen LogP contribution in [-0.4, -0.2) is 12.1 Å². The van der Waals surface area contributed by atoms with E-state index < -0.39 is 5.54 Å². The first kappa shape index (κ1) is 13.1. The molecule has 2 aromatic rings. The fourth-order valence-electron chi connectivity index (χ4n) is 2.08. The number of nitrogens with two attached hydrogens (primary N) is 1. The fraction of sp³-hybridized carbons (Fsp3) is 0.357. The van der Waals surface area contributed by atoms with Gasteiger partial charge < -0.3 is 10.5 Å². The van der Waals surface area contributed by atoms with Gasteiger partial charge in [-0.2, -0.15) is 0 Å². The molecule has 1 aromatic heterocycles. The van der Waals surface area contributed by atoms with Crippen molar-refractivity contribution in [3.05, 3.63) is 45.9 Å². The number of rotatable bonds is 4. The van der Waals surface area contributed by atoms with Crippen molar-refractivity contribution in [1.29, 1.82) is 0 Å². The van der Waals surface area contributed by atoms with E-state index in [4.69, 9.17) is 10.5 Å². The third-order valence-electron chi connectivity index (χ3n) is 2.94. The van der Waals surface area contributed by atoms with Crippen molar-refractivity contribution in [3.8, 4) is 5.75 Å². The lowest BCUT2D eigenvalue weighted by Gasteiger charge is -2.26. The average molecular weight is 262 g/mol. The van der Waals surface area contributed by atoms with Gasteiger partial charge in [0, 0.05) is 22.9 Å². The topological polar surface area (TPSA) is 48.1 Å². The van der Waals surface area contributed by atoms with E-state index in [-0.39, 0.29) is 0 Å². The van der Waals surface area contributed by atoms with E-state index in [1.807, 2.05) is 38.1 Å². The van der Waals surface area contributed by atoms with Gasteiger partial charge in [-0.3, -0.25) is 0 Å². The summed E-state index contributed by atoms with van der Waals surface area (Å²) in [5.74, 6) is 0.828. The largest absolute Gasteiger partial charge is 0.496 e. The zero-order valence-electron chi connectivity index (χ0n) is 10.9. The standard InChI is InChI=1S/C14H18N2OS/c1-10-16-11(9-18-10)8-14(2,15)12-6-4-5-7-13(12)17-3/h4-7,9H,8,15H2,1-3H3. The Morgan fingerprint density at radius 3 is 2.72 bits per heavy atom. The Morgan fingerprint density at radius 2 is 2.11 bits per heavy atom. The van der Waals surface area contributed by atoms with Crippen LogP contribution in [-0.2, 0) is 12.0 Å². The molecule has 0 fully saturated rings. The molecule has 0 radical (unpaired) electrons. The van der Waals surface area contributed by atoms with Gasteiger partial charge in [0.2, 0.25) is 0 Å². The molecule has 2 rings (SSSR count). The third-order valence-corrected chi connectivity index (χ3v) is 3.76. The Labute approximate surface area is 112 Å². The molecule has 0 aliphatic heterocycles. The first-order valence-corrected chi connectivity index (χ1v) is 6.74. The molecule has 18 heavy (non-hydrogen) atoms. The first-order valence-electron chi connectivity index (χ1n) is 5.86. The Hall–Kier alpha value is -1.39. The van der Waals surface area contributed by atoms with Crippen LogP contribution in [0.1, 0.15) is 23.2 Å². The van der Waals surface area contributed by atoms with Crippen molar-refractivity contribution in [1.82, 2.24) is 4.98 Å². The summed E-state index contributed by atoms with van der Waals surface area (Å²) in [4.78, 5) is 4.47. The van der Waals surface area contributed by atoms with Crippen LogP contribution in [0.15, 0.2) is 29.6 Å². The summed E-state index contributed by atoms with van der Waals surface area (Å²) in [5.41, 5.74) is 8.01. The number of para-hydroxylation sites is 1. The highest BCUT2D eigenvalue weighted by molar-refractivity contribution is 7.09. The molecule has 0 bridgehead atoms. The smallest absolute Gasteiger partial charge is 0.123 e. The Kier molecular flexibility index (Phi) is 3.68. The molecule has 2 N–H and O–H groups in total. The monoisotopic (exact) mass is 262 g/mol. The Balaban J connectivity index is 2.29. The lowest BCUT2D eigenvalue weighted by Crippen LogP contribution is -2.36. The van der Waals surface area contributed by atoms with Crippen LogP contribution in [0.25, 0.3) is 0 Å². The van der Waals surface area contributed by atoms with Crippen molar-refractivity contribution < 1.29 is 4.74 Å². The number of aryl methyl sites for hydroxylation is 1. The van der Waals surface area contributed by atoms with E-state index in [1.54, 1.807) is 18.4 Å². The number of thiazole rings is 1. The first-order chi connectivity index (χ1) is 8.53. The second-order valence-corrected chi connectivity index (χ2v) is 5.71. The van der Waals surface area contributed by atoms with Gasteiger partial charge in [0.25, 0.3) is 0 Å². The summed E-state index contributed by atoms with van der Waals surface area (Å²) in [6.45, 7) is 4.02. The molecule has 1 unspecified atom stereocenters. The van der Waals surface area contributed by atoms with Gasteiger partial charge in [0.1, 0.15) is 5.75 Å². The molecule has 0 aliphatic carbocycles. The van der Waals surface area contributed by atoms with E-state index in [2.05, 4.69) is 10.4 Å². The van der Waals surface area contributed by atoms with Crippen molar-refractivity contribution in [3.63, 3.8) is 0 Å². The number of aromatic nitrogens is 1. The predicted octanol–water partition coefficient (Wildman–Crippen LogP) is 2.88. The third kappa shape index (κ3) is 2.71. The number of hydrogen-bond acceptors (Lipinski definition) is 4. The minimum Gasteiger partial charge on any atom is -0.496 e. The van der Waals surface area contributed by atoms with Crippen LogP contribution in [0.4, 0.5) is 0 Å². The molecule has 0 amide bonds. The van der Waals surface area contributed by atoms with Crippen LogP contribution in [0.5, 0.6) is 5.75 Å². The second-order valence-electron chi connectivity index (χ2n) is 4.65. The maximum Gasteiger partial charge on any atom is 0.123 e. The molecule has 1 aromatic carbocycles. The van der Waals surface area contributed by atoms with Crippen molar-refractivity contribution in [2.45, 2.75) is 25.8 Å². The van der Waals surface area contributed by atoms with Crippen LogP contribution in [0.3, 0.4) is 0 Å². The molecule has 0 saturated carbocycles. The summed E-state index contributed by atoms with van der Waals surface area (Å²) in [5, 5.41) is 3.14. The van der Waals surface area contributed by atoms with Crippen molar-refractivity contribution in [2.75, 3.05) is 7.11 Å². The molecule has 0 spiro atoms. The van der Waals surface area contributed by atoms with Gasteiger partial charge in [-0.1, -0.05) is 18.2 Å². The molecule has 3 nitrogen and oxygen atoms in total. The number of nitrogens with zero attached hydrogens (tertiary/aromatic N) is 1. The molecule has 0 saturated heterocycles. The van der Waals surface area contributed by atoms with Crippen LogP contribution < -0.4 is 10.5 Å². The number of hydrogen-bond donors (Lipinski definition) is 1. The molecular formula is C14H18N2OS. The van der Waals surface area contributed by atoms with E-state index in [1.165, 1.54) is 0 Å². The lowest BCUT2D eigenvalue weighted by molar-refractivity contribution is 0.385. The molecule has 1 atom stereocenters. The summed E-state index contributed by atoms with van der Waals surface area (Å²) < 4.78 is 5.38. The Bertz CT molecular complexity index is 534. The minimum atomic E-state index is -0.479. The van der Waals surface area contributed by atoms with Crippen LogP contribution >= 0.6 is 11.3 Å². The lowest BCUT2D eigenvalue weighted by atomic mass is 9.88. The summed E-state index contributed by atoms with van der Waals surface area (Å²) in [7, 11) is 1.67. The highest BCUT2D eigenvalue weighted by Gasteiger charge is 2.26. The maximum absolute atomic E-state index is 6.44. The van der Waals surface area contributed by atoms with E-state index in [0.717, 1.165) is 22.0 Å². The summed E-state index contributed by atoms with van der Waals surface area (Å²) in [6.07, 6.45) is 0.706. The van der Waals surface area contributed by atoms with E-state index in [0.29, 0.717) is 6.42 Å². The predicted molar refractivity (Wildman–Crippen MR) is 75.1 cm³/mol.